The van der Waals surface area contributed by atoms with E-state index >= 15 is 0 Å². The van der Waals surface area contributed by atoms with Crippen molar-refractivity contribution in [3.63, 3.8) is 0 Å². The molecule has 9 nitrogen and oxygen atoms in total. The summed E-state index contributed by atoms with van der Waals surface area (Å²) in [6.07, 6.45) is 0. The molecular formula is C17H17N5O4. The Morgan fingerprint density at radius 1 is 1.23 bits per heavy atom. The first-order valence-corrected chi connectivity index (χ1v) is 7.91. The summed E-state index contributed by atoms with van der Waals surface area (Å²) in [6, 6.07) is 13.9. The molecule has 0 aliphatic carbocycles. The van der Waals surface area contributed by atoms with Gasteiger partial charge in [-0.2, -0.15) is 0 Å². The lowest BCUT2D eigenvalue weighted by Gasteiger charge is -2.05. The molecule has 2 aromatic carbocycles. The van der Waals surface area contributed by atoms with Gasteiger partial charge in [-0.15, -0.1) is 0 Å². The molecule has 0 saturated heterocycles. The van der Waals surface area contributed by atoms with Crippen molar-refractivity contribution in [2.75, 3.05) is 6.61 Å². The fourth-order valence-electron chi connectivity index (χ4n) is 2.45. The molecule has 26 heavy (non-hydrogen) atoms. The average molecular weight is 355 g/mol. The lowest BCUT2D eigenvalue weighted by molar-refractivity contribution is -0.391. The molecule has 0 spiro atoms. The van der Waals surface area contributed by atoms with Crippen molar-refractivity contribution >= 4 is 11.5 Å². The van der Waals surface area contributed by atoms with Crippen LogP contribution in [0.5, 0.6) is 5.75 Å². The van der Waals surface area contributed by atoms with E-state index in [1.807, 2.05) is 26.0 Å². The molecule has 0 saturated carbocycles. The summed E-state index contributed by atoms with van der Waals surface area (Å²) in [5.41, 5.74) is 1.33. The molecule has 3 rings (SSSR count). The maximum atomic E-state index is 11.4. The van der Waals surface area contributed by atoms with Gasteiger partial charge in [0.05, 0.1) is 11.7 Å². The number of aromatic nitrogens is 3. The minimum Gasteiger partial charge on any atom is -0.492 e. The number of hydrogen-bond acceptors (Lipinski definition) is 6. The Balaban J connectivity index is 2.26. The fourth-order valence-corrected chi connectivity index (χ4v) is 2.45. The second-order valence-electron chi connectivity index (χ2n) is 5.38. The fraction of sp³-hybridized carbons (Fsp3) is 0.176. The van der Waals surface area contributed by atoms with Crippen molar-refractivity contribution in [2.24, 2.45) is 4.99 Å². The Morgan fingerprint density at radius 2 is 1.92 bits per heavy atom. The lowest BCUT2D eigenvalue weighted by atomic mass is 10.2. The third-order valence-corrected chi connectivity index (χ3v) is 3.65. The Morgan fingerprint density at radius 3 is 2.62 bits per heavy atom. The Kier molecular flexibility index (Phi) is 4.70. The van der Waals surface area contributed by atoms with Crippen LogP contribution in [-0.4, -0.2) is 31.5 Å². The quantitative estimate of drug-likeness (QED) is 0.430. The van der Waals surface area contributed by atoms with Crippen LogP contribution in [0.4, 0.5) is 11.5 Å². The van der Waals surface area contributed by atoms with Gasteiger partial charge in [0.15, 0.2) is 0 Å². The van der Waals surface area contributed by atoms with Gasteiger partial charge in [-0.1, -0.05) is 35.2 Å². The molecule has 3 aromatic rings. The molecule has 0 atom stereocenters. The predicted molar refractivity (Wildman–Crippen MR) is 93.0 cm³/mol. The van der Waals surface area contributed by atoms with E-state index in [0.29, 0.717) is 28.6 Å². The summed E-state index contributed by atoms with van der Waals surface area (Å²) >= 11 is 0. The highest BCUT2D eigenvalue weighted by atomic mass is 16.6. The van der Waals surface area contributed by atoms with Gasteiger partial charge >= 0.3 is 5.82 Å². The third kappa shape index (κ3) is 3.14. The zero-order valence-corrected chi connectivity index (χ0v) is 14.2. The summed E-state index contributed by atoms with van der Waals surface area (Å²) < 4.78 is 5.48. The van der Waals surface area contributed by atoms with Gasteiger partial charge in [-0.25, -0.2) is 4.99 Å². The first-order chi connectivity index (χ1) is 12.5. The molecule has 0 amide bonds. The molecule has 1 N–H and O–H groups in total. The Bertz CT molecular complexity index is 1020. The summed E-state index contributed by atoms with van der Waals surface area (Å²) in [6.45, 7) is 4.04. The summed E-state index contributed by atoms with van der Waals surface area (Å²) in [5.74, 6) is -0.116. The normalized spacial score (nSPS) is 11.5. The van der Waals surface area contributed by atoms with Crippen molar-refractivity contribution in [1.82, 2.24) is 14.7 Å². The second-order valence-corrected chi connectivity index (χ2v) is 5.38. The van der Waals surface area contributed by atoms with Gasteiger partial charge < -0.3 is 20.1 Å². The zero-order valence-electron chi connectivity index (χ0n) is 14.2. The summed E-state index contributed by atoms with van der Waals surface area (Å²) in [5, 5.41) is 25.8. The van der Waals surface area contributed by atoms with Crippen molar-refractivity contribution in [3.8, 4) is 11.4 Å². The Hall–Kier alpha value is -3.62. The number of aryl methyl sites for hydroxylation is 1. The van der Waals surface area contributed by atoms with Gasteiger partial charge in [-0.05, 0) is 47.3 Å². The number of nitrogens with zero attached hydrogens (tertiary/aromatic N) is 5. The molecule has 134 valence electrons. The standard InChI is InChI=1S/C17H17N5O4/c1-3-26-15-11-7-5-9-13(15)18-16-17(22(24)25)19-20(21(16)23)14-10-6-4-8-12(14)2/h4-11,23H,3H2,1-2H3. The van der Waals surface area contributed by atoms with Crippen LogP contribution in [-0.2, 0) is 0 Å². The molecule has 0 radical (unpaired) electrons. The average Bonchev–Trinajstić information content (AvgIpc) is 2.94. The minimum atomic E-state index is -0.691. The maximum absolute atomic E-state index is 11.4. The van der Waals surface area contributed by atoms with E-state index in [9.17, 15) is 15.3 Å². The molecule has 1 aromatic heterocycles. The van der Waals surface area contributed by atoms with E-state index in [1.54, 1.807) is 36.4 Å². The first kappa shape index (κ1) is 17.2. The molecule has 1 heterocycles. The third-order valence-electron chi connectivity index (χ3n) is 3.65. The van der Waals surface area contributed by atoms with Crippen molar-refractivity contribution < 1.29 is 14.9 Å². The minimum absolute atomic E-state index is 0.301. The van der Waals surface area contributed by atoms with Crippen LogP contribution in [0.2, 0.25) is 0 Å². The second kappa shape index (κ2) is 7.09. The molecule has 9 heteroatoms. The number of hydrogen-bond donors (Lipinski definition) is 1. The topological polar surface area (TPSA) is 108 Å². The molecule has 0 unspecified atom stereocenters. The summed E-state index contributed by atoms with van der Waals surface area (Å²) in [7, 11) is 0. The van der Waals surface area contributed by atoms with E-state index in [4.69, 9.17) is 4.74 Å². The van der Waals surface area contributed by atoms with Crippen LogP contribution >= 0.6 is 0 Å². The molecule has 0 aliphatic rings. The number of benzene rings is 2. The summed E-state index contributed by atoms with van der Waals surface area (Å²) in [4.78, 5) is 16.5. The lowest BCUT2D eigenvalue weighted by Crippen LogP contribution is -2.22. The van der Waals surface area contributed by atoms with Gasteiger partial charge in [-0.3, -0.25) is 0 Å². The van der Waals surface area contributed by atoms with Crippen molar-refractivity contribution in [3.05, 3.63) is 69.7 Å². The van der Waals surface area contributed by atoms with E-state index in [2.05, 4.69) is 10.1 Å². The van der Waals surface area contributed by atoms with Crippen LogP contribution in [0.15, 0.2) is 53.5 Å². The smallest absolute Gasteiger partial charge is 0.438 e. The number of para-hydroxylation sites is 3. The van der Waals surface area contributed by atoms with Crippen LogP contribution in [0.25, 0.3) is 5.69 Å². The van der Waals surface area contributed by atoms with Gasteiger partial charge in [0.2, 0.25) is 0 Å². The number of nitro groups is 1. The van der Waals surface area contributed by atoms with E-state index < -0.39 is 10.7 Å². The van der Waals surface area contributed by atoms with Crippen LogP contribution < -0.4 is 10.2 Å². The zero-order chi connectivity index (χ0) is 18.7. The monoisotopic (exact) mass is 355 g/mol. The number of ether oxygens (including phenoxy) is 1. The predicted octanol–water partition coefficient (Wildman–Crippen LogP) is 2.76. The van der Waals surface area contributed by atoms with Crippen LogP contribution in [0.3, 0.4) is 0 Å². The molecule has 0 fully saturated rings. The van der Waals surface area contributed by atoms with Crippen LogP contribution in [0, 0.1) is 17.0 Å². The van der Waals surface area contributed by atoms with E-state index in [0.717, 1.165) is 10.4 Å². The van der Waals surface area contributed by atoms with Gasteiger partial charge in [0.1, 0.15) is 17.1 Å². The number of rotatable bonds is 5. The van der Waals surface area contributed by atoms with Crippen molar-refractivity contribution in [1.29, 1.82) is 0 Å². The molecule has 0 aliphatic heterocycles. The highest BCUT2D eigenvalue weighted by Crippen LogP contribution is 2.26. The highest BCUT2D eigenvalue weighted by molar-refractivity contribution is 5.51. The largest absolute Gasteiger partial charge is 0.492 e. The SMILES string of the molecule is CCOc1ccccc1N=c1c([N+](=O)[O-])nn(-c2ccccc2C)n1O. The van der Waals surface area contributed by atoms with E-state index in [-0.39, 0.29) is 5.49 Å². The van der Waals surface area contributed by atoms with E-state index in [1.165, 1.54) is 0 Å². The van der Waals surface area contributed by atoms with Gasteiger partial charge in [0.25, 0.3) is 5.49 Å². The molecule has 0 bridgehead atoms. The van der Waals surface area contributed by atoms with Crippen LogP contribution in [0.1, 0.15) is 12.5 Å². The Labute approximate surface area is 148 Å². The highest BCUT2D eigenvalue weighted by Gasteiger charge is 2.25. The maximum Gasteiger partial charge on any atom is 0.438 e. The molecular weight excluding hydrogens is 338 g/mol. The first-order valence-electron chi connectivity index (χ1n) is 7.91. The van der Waals surface area contributed by atoms with Gasteiger partial charge in [0, 0.05) is 0 Å². The van der Waals surface area contributed by atoms with Crippen molar-refractivity contribution in [2.45, 2.75) is 13.8 Å².